The second-order valence-electron chi connectivity index (χ2n) is 6.63. The van der Waals surface area contributed by atoms with Crippen molar-refractivity contribution in [2.45, 2.75) is 52.4 Å². The number of halogens is 2. The van der Waals surface area contributed by atoms with E-state index in [9.17, 15) is 14.0 Å². The van der Waals surface area contributed by atoms with Gasteiger partial charge in [-0.3, -0.25) is 9.59 Å². The fourth-order valence-electron chi connectivity index (χ4n) is 3.60. The third-order valence-electron chi connectivity index (χ3n) is 4.93. The van der Waals surface area contributed by atoms with Gasteiger partial charge in [0.2, 0.25) is 0 Å². The molecule has 1 aromatic carbocycles. The van der Waals surface area contributed by atoms with Gasteiger partial charge in [-0.15, -0.1) is 0 Å². The molecule has 0 fully saturated rings. The Morgan fingerprint density at radius 1 is 1.29 bits per heavy atom. The predicted octanol–water partition coefficient (Wildman–Crippen LogP) is 4.81. The van der Waals surface area contributed by atoms with Gasteiger partial charge in [0.25, 0.3) is 11.8 Å². The summed E-state index contributed by atoms with van der Waals surface area (Å²) in [7, 11) is 0. The summed E-state index contributed by atoms with van der Waals surface area (Å²) in [4.78, 5) is 26.5. The maximum Gasteiger partial charge on any atom is 0.262 e. The number of carbonyl (C=O) groups is 2. The Hall–Kier alpha value is -1.68. The van der Waals surface area contributed by atoms with Crippen molar-refractivity contribution in [3.05, 3.63) is 39.7 Å². The SMILES string of the molecule is CCCCc1cc(N2C(=O)C3=C(C2=O)C(C)CCC3)c(F)cc1Cl. The van der Waals surface area contributed by atoms with Gasteiger partial charge in [-0.25, -0.2) is 9.29 Å². The molecule has 0 N–H and O–H groups in total. The maximum absolute atomic E-state index is 14.5. The van der Waals surface area contributed by atoms with Gasteiger partial charge in [0.1, 0.15) is 5.82 Å². The molecule has 3 nitrogen and oxygen atoms in total. The Morgan fingerprint density at radius 2 is 2.04 bits per heavy atom. The predicted molar refractivity (Wildman–Crippen MR) is 92.6 cm³/mol. The number of rotatable bonds is 4. The number of aryl methyl sites for hydroxylation is 1. The van der Waals surface area contributed by atoms with E-state index in [-0.39, 0.29) is 23.4 Å². The van der Waals surface area contributed by atoms with Gasteiger partial charge in [0, 0.05) is 16.2 Å². The van der Waals surface area contributed by atoms with Crippen molar-refractivity contribution in [3.63, 3.8) is 0 Å². The largest absolute Gasteiger partial charge is 0.269 e. The highest BCUT2D eigenvalue weighted by atomic mass is 35.5. The third-order valence-corrected chi connectivity index (χ3v) is 5.28. The van der Waals surface area contributed by atoms with E-state index in [0.29, 0.717) is 29.0 Å². The quantitative estimate of drug-likeness (QED) is 0.731. The normalized spacial score (nSPS) is 20.8. The molecule has 5 heteroatoms. The molecule has 128 valence electrons. The van der Waals surface area contributed by atoms with Crippen LogP contribution in [0.25, 0.3) is 0 Å². The molecule has 2 amide bonds. The summed E-state index contributed by atoms with van der Waals surface area (Å²) < 4.78 is 14.5. The number of hydrogen-bond acceptors (Lipinski definition) is 2. The van der Waals surface area contributed by atoms with E-state index in [2.05, 4.69) is 6.92 Å². The molecule has 0 bridgehead atoms. The lowest BCUT2D eigenvalue weighted by molar-refractivity contribution is -0.120. The summed E-state index contributed by atoms with van der Waals surface area (Å²) in [6.45, 7) is 4.01. The molecule has 0 saturated heterocycles. The number of unbranched alkanes of at least 4 members (excludes halogenated alkanes) is 1. The zero-order valence-electron chi connectivity index (χ0n) is 14.0. The molecule has 1 unspecified atom stereocenters. The van der Waals surface area contributed by atoms with Crippen LogP contribution in [0.4, 0.5) is 10.1 Å². The van der Waals surface area contributed by atoms with Gasteiger partial charge >= 0.3 is 0 Å². The monoisotopic (exact) mass is 349 g/mol. The number of anilines is 1. The maximum atomic E-state index is 14.5. The minimum atomic E-state index is -0.630. The number of carbonyl (C=O) groups excluding carboxylic acids is 2. The lowest BCUT2D eigenvalue weighted by atomic mass is 9.85. The van der Waals surface area contributed by atoms with Gasteiger partial charge in [-0.2, -0.15) is 0 Å². The van der Waals surface area contributed by atoms with Crippen molar-refractivity contribution < 1.29 is 14.0 Å². The topological polar surface area (TPSA) is 37.4 Å². The van der Waals surface area contributed by atoms with E-state index in [1.807, 2.05) is 6.92 Å². The highest BCUT2D eigenvalue weighted by molar-refractivity contribution is 6.34. The fraction of sp³-hybridized carbons (Fsp3) is 0.474. The van der Waals surface area contributed by atoms with Crippen LogP contribution in [-0.2, 0) is 16.0 Å². The molecule has 2 aliphatic rings. The van der Waals surface area contributed by atoms with Gasteiger partial charge in [0.15, 0.2) is 0 Å². The van der Waals surface area contributed by atoms with Gasteiger partial charge in [0.05, 0.1) is 5.69 Å². The second-order valence-corrected chi connectivity index (χ2v) is 7.04. The van der Waals surface area contributed by atoms with Crippen LogP contribution in [0.2, 0.25) is 5.02 Å². The van der Waals surface area contributed by atoms with Gasteiger partial charge in [-0.1, -0.05) is 31.9 Å². The van der Waals surface area contributed by atoms with Gasteiger partial charge in [-0.05, 0) is 55.7 Å². The standard InChI is InChI=1S/C19H21ClFNO2/c1-3-4-7-12-9-16(15(21)10-14(12)20)22-18(23)13-8-5-6-11(2)17(13)19(22)24/h9-11H,3-8H2,1-2H3. The number of hydrogen-bond donors (Lipinski definition) is 0. The molecule has 1 atom stereocenters. The van der Waals surface area contributed by atoms with E-state index < -0.39 is 5.82 Å². The van der Waals surface area contributed by atoms with Crippen LogP contribution in [-0.4, -0.2) is 11.8 Å². The molecule has 0 spiro atoms. The number of amides is 2. The average molecular weight is 350 g/mol. The van der Waals surface area contributed by atoms with E-state index in [1.165, 1.54) is 6.07 Å². The lowest BCUT2D eigenvalue weighted by Gasteiger charge is -2.19. The first-order valence-electron chi connectivity index (χ1n) is 8.55. The zero-order valence-corrected chi connectivity index (χ0v) is 14.8. The van der Waals surface area contributed by atoms with Crippen molar-refractivity contribution in [1.82, 2.24) is 0 Å². The first-order chi connectivity index (χ1) is 11.5. The fourth-order valence-corrected chi connectivity index (χ4v) is 3.85. The van der Waals surface area contributed by atoms with Gasteiger partial charge < -0.3 is 0 Å². The van der Waals surface area contributed by atoms with E-state index in [1.54, 1.807) is 6.07 Å². The number of benzene rings is 1. The van der Waals surface area contributed by atoms with Crippen molar-refractivity contribution >= 4 is 29.1 Å². The number of nitrogens with zero attached hydrogens (tertiary/aromatic N) is 1. The summed E-state index contributed by atoms with van der Waals surface area (Å²) in [5.74, 6) is -1.33. The molecule has 24 heavy (non-hydrogen) atoms. The summed E-state index contributed by atoms with van der Waals surface area (Å²) in [5, 5.41) is 0.342. The lowest BCUT2D eigenvalue weighted by Crippen LogP contribution is -2.33. The molecule has 1 aliphatic carbocycles. The summed E-state index contributed by atoms with van der Waals surface area (Å²) in [6.07, 6.45) is 4.96. The van der Waals surface area contributed by atoms with E-state index >= 15 is 0 Å². The highest BCUT2D eigenvalue weighted by Crippen LogP contribution is 2.40. The Balaban J connectivity index is 2.01. The number of imide groups is 1. The molecule has 1 heterocycles. The Kier molecular flexibility index (Phi) is 4.77. The zero-order chi connectivity index (χ0) is 17.4. The molecular weight excluding hydrogens is 329 g/mol. The van der Waals surface area contributed by atoms with Crippen molar-refractivity contribution in [1.29, 1.82) is 0 Å². The van der Waals surface area contributed by atoms with E-state index in [4.69, 9.17) is 11.6 Å². The van der Waals surface area contributed by atoms with Crippen molar-refractivity contribution in [2.75, 3.05) is 4.90 Å². The Morgan fingerprint density at radius 3 is 2.71 bits per heavy atom. The van der Waals surface area contributed by atoms with Crippen LogP contribution in [0.1, 0.15) is 51.5 Å². The minimum Gasteiger partial charge on any atom is -0.269 e. The smallest absolute Gasteiger partial charge is 0.262 e. The van der Waals surface area contributed by atoms with Crippen LogP contribution < -0.4 is 4.90 Å². The molecule has 0 radical (unpaired) electrons. The van der Waals surface area contributed by atoms with Crippen LogP contribution in [0, 0.1) is 11.7 Å². The van der Waals surface area contributed by atoms with Crippen molar-refractivity contribution in [2.24, 2.45) is 5.92 Å². The molecule has 0 saturated carbocycles. The molecule has 0 aromatic heterocycles. The minimum absolute atomic E-state index is 0.0297. The highest BCUT2D eigenvalue weighted by Gasteiger charge is 2.43. The molecule has 1 aliphatic heterocycles. The second kappa shape index (κ2) is 6.67. The molecular formula is C19H21ClFNO2. The molecule has 1 aromatic rings. The Bertz CT molecular complexity index is 741. The van der Waals surface area contributed by atoms with Crippen molar-refractivity contribution in [3.8, 4) is 0 Å². The summed E-state index contributed by atoms with van der Waals surface area (Å²) >= 11 is 6.12. The van der Waals surface area contributed by atoms with E-state index in [0.717, 1.165) is 36.1 Å². The summed E-state index contributed by atoms with van der Waals surface area (Å²) in [6, 6.07) is 2.77. The van der Waals surface area contributed by atoms with Crippen LogP contribution >= 0.6 is 11.6 Å². The van der Waals surface area contributed by atoms with Crippen LogP contribution in [0.5, 0.6) is 0 Å². The van der Waals surface area contributed by atoms with Crippen LogP contribution in [0.3, 0.4) is 0 Å². The average Bonchev–Trinajstić information content (AvgIpc) is 2.80. The molecule has 3 rings (SSSR count). The first kappa shape index (κ1) is 17.2. The summed E-state index contributed by atoms with van der Waals surface area (Å²) in [5.41, 5.74) is 1.93. The first-order valence-corrected chi connectivity index (χ1v) is 8.93. The Labute approximate surface area is 146 Å². The third kappa shape index (κ3) is 2.77. The van der Waals surface area contributed by atoms with Crippen LogP contribution in [0.15, 0.2) is 23.3 Å².